The number of aromatic amines is 1. The van der Waals surface area contributed by atoms with Gasteiger partial charge in [-0.2, -0.15) is 0 Å². The number of nitrogens with zero attached hydrogens (tertiary/aromatic N) is 2. The monoisotopic (exact) mass is 441 g/mol. The Hall–Kier alpha value is -4.44. The van der Waals surface area contributed by atoms with Crippen molar-refractivity contribution in [3.05, 3.63) is 126 Å². The first-order valence-electron chi connectivity index (χ1n) is 11.4. The van der Waals surface area contributed by atoms with E-state index in [1.54, 1.807) is 6.33 Å². The SMILES string of the molecule is Cc1ccc(C(=O)c2cn(Cc3cnc[nH]3)cc2-c2c3ccccc3cc3ccccc23)cc1. The minimum atomic E-state index is 0.0235. The number of carbonyl (C=O) groups excluding carboxylic acids is 1. The van der Waals surface area contributed by atoms with Crippen LogP contribution in [0.1, 0.15) is 27.2 Å². The molecule has 34 heavy (non-hydrogen) atoms. The number of rotatable bonds is 5. The summed E-state index contributed by atoms with van der Waals surface area (Å²) in [6.07, 6.45) is 7.55. The van der Waals surface area contributed by atoms with Crippen LogP contribution in [0.4, 0.5) is 0 Å². The van der Waals surface area contributed by atoms with Gasteiger partial charge in [0.1, 0.15) is 0 Å². The lowest BCUT2D eigenvalue weighted by molar-refractivity contribution is 0.103. The van der Waals surface area contributed by atoms with Crippen LogP contribution in [0.15, 0.2) is 104 Å². The Kier molecular flexibility index (Phi) is 4.84. The van der Waals surface area contributed by atoms with Crippen LogP contribution in [0.3, 0.4) is 0 Å². The molecular weight excluding hydrogens is 418 g/mol. The first kappa shape index (κ1) is 20.2. The van der Waals surface area contributed by atoms with E-state index < -0.39 is 0 Å². The molecule has 0 saturated heterocycles. The summed E-state index contributed by atoms with van der Waals surface area (Å²) in [5, 5.41) is 4.59. The summed E-state index contributed by atoms with van der Waals surface area (Å²) in [4.78, 5) is 21.1. The van der Waals surface area contributed by atoms with Crippen molar-refractivity contribution >= 4 is 27.3 Å². The second-order valence-corrected chi connectivity index (χ2v) is 8.72. The molecule has 0 aliphatic heterocycles. The summed E-state index contributed by atoms with van der Waals surface area (Å²) in [5.41, 5.74) is 5.54. The Labute approximate surface area is 197 Å². The van der Waals surface area contributed by atoms with Gasteiger partial charge >= 0.3 is 0 Å². The topological polar surface area (TPSA) is 50.7 Å². The lowest BCUT2D eigenvalue weighted by Gasteiger charge is -2.12. The van der Waals surface area contributed by atoms with Crippen LogP contribution < -0.4 is 0 Å². The molecule has 0 radical (unpaired) electrons. The predicted molar refractivity (Wildman–Crippen MR) is 137 cm³/mol. The number of hydrogen-bond acceptors (Lipinski definition) is 2. The molecule has 0 unspecified atom stereocenters. The second-order valence-electron chi connectivity index (χ2n) is 8.72. The number of hydrogen-bond donors (Lipinski definition) is 1. The van der Waals surface area contributed by atoms with E-state index in [9.17, 15) is 4.79 Å². The lowest BCUT2D eigenvalue weighted by atomic mass is 9.90. The van der Waals surface area contributed by atoms with Gasteiger partial charge in [0.15, 0.2) is 5.78 Å². The summed E-state index contributed by atoms with van der Waals surface area (Å²) in [7, 11) is 0. The van der Waals surface area contributed by atoms with Crippen molar-refractivity contribution in [2.24, 2.45) is 0 Å². The van der Waals surface area contributed by atoms with Crippen molar-refractivity contribution in [2.75, 3.05) is 0 Å². The van der Waals surface area contributed by atoms with E-state index in [1.807, 2.05) is 43.6 Å². The molecule has 0 amide bonds. The number of H-pyrrole nitrogens is 1. The third kappa shape index (κ3) is 3.50. The van der Waals surface area contributed by atoms with Gasteiger partial charge in [-0.05, 0) is 40.1 Å². The van der Waals surface area contributed by atoms with E-state index in [0.717, 1.165) is 43.9 Å². The zero-order chi connectivity index (χ0) is 23.1. The van der Waals surface area contributed by atoms with E-state index in [-0.39, 0.29) is 5.78 Å². The smallest absolute Gasteiger partial charge is 0.195 e. The quantitative estimate of drug-likeness (QED) is 0.237. The minimum absolute atomic E-state index is 0.0235. The molecule has 0 aliphatic carbocycles. The van der Waals surface area contributed by atoms with E-state index in [4.69, 9.17) is 0 Å². The van der Waals surface area contributed by atoms with E-state index >= 15 is 0 Å². The van der Waals surface area contributed by atoms with Crippen molar-refractivity contribution in [3.8, 4) is 11.1 Å². The summed E-state index contributed by atoms with van der Waals surface area (Å²) in [6, 6.07) is 26.8. The zero-order valence-corrected chi connectivity index (χ0v) is 18.8. The highest BCUT2D eigenvalue weighted by molar-refractivity contribution is 6.19. The summed E-state index contributed by atoms with van der Waals surface area (Å²) >= 11 is 0. The highest BCUT2D eigenvalue weighted by Gasteiger charge is 2.21. The minimum Gasteiger partial charge on any atom is -0.347 e. The van der Waals surface area contributed by atoms with Gasteiger partial charge in [0.2, 0.25) is 0 Å². The Morgan fingerprint density at radius 1 is 0.882 bits per heavy atom. The second kappa shape index (κ2) is 8.16. The highest BCUT2D eigenvalue weighted by atomic mass is 16.1. The normalized spacial score (nSPS) is 11.3. The number of imidazole rings is 1. The van der Waals surface area contributed by atoms with Crippen LogP contribution in [0.5, 0.6) is 0 Å². The summed E-state index contributed by atoms with van der Waals surface area (Å²) in [6.45, 7) is 2.64. The van der Waals surface area contributed by atoms with Crippen LogP contribution >= 0.6 is 0 Å². The fourth-order valence-electron chi connectivity index (χ4n) is 4.71. The molecule has 0 saturated carbocycles. The number of aryl methyl sites for hydroxylation is 1. The van der Waals surface area contributed by atoms with Crippen molar-refractivity contribution in [3.63, 3.8) is 0 Å². The first-order valence-corrected chi connectivity index (χ1v) is 11.4. The highest BCUT2D eigenvalue weighted by Crippen LogP contribution is 2.39. The maximum absolute atomic E-state index is 13.8. The number of aromatic nitrogens is 3. The molecule has 6 aromatic rings. The van der Waals surface area contributed by atoms with Crippen molar-refractivity contribution in [1.82, 2.24) is 14.5 Å². The molecule has 2 aromatic heterocycles. The fraction of sp³-hybridized carbons (Fsp3) is 0.0667. The molecule has 1 N–H and O–H groups in total. The molecule has 2 heterocycles. The van der Waals surface area contributed by atoms with E-state index in [0.29, 0.717) is 17.7 Å². The molecule has 4 nitrogen and oxygen atoms in total. The number of ketones is 1. The van der Waals surface area contributed by atoms with Gasteiger partial charge in [-0.25, -0.2) is 4.98 Å². The average Bonchev–Trinajstić information content (AvgIpc) is 3.53. The largest absolute Gasteiger partial charge is 0.347 e. The molecule has 6 rings (SSSR count). The molecule has 164 valence electrons. The standard InChI is InChI=1S/C30H23N3O/c1-20-10-12-21(13-11-20)30(34)28-18-33(16-24-15-31-19-32-24)17-27(28)29-25-8-4-2-6-22(25)14-23-7-3-5-9-26(23)29/h2-15,17-19H,16H2,1H3,(H,31,32). The molecule has 0 spiro atoms. The summed E-state index contributed by atoms with van der Waals surface area (Å²) < 4.78 is 2.07. The Morgan fingerprint density at radius 2 is 1.56 bits per heavy atom. The van der Waals surface area contributed by atoms with Gasteiger partial charge in [-0.3, -0.25) is 4.79 Å². The van der Waals surface area contributed by atoms with Gasteiger partial charge < -0.3 is 9.55 Å². The number of carbonyl (C=O) groups is 1. The molecule has 4 heteroatoms. The third-order valence-electron chi connectivity index (χ3n) is 6.39. The third-order valence-corrected chi connectivity index (χ3v) is 6.39. The van der Waals surface area contributed by atoms with Gasteiger partial charge in [-0.15, -0.1) is 0 Å². The van der Waals surface area contributed by atoms with Crippen molar-refractivity contribution < 1.29 is 4.79 Å². The zero-order valence-electron chi connectivity index (χ0n) is 18.8. The Bertz CT molecular complexity index is 1590. The molecule has 4 aromatic carbocycles. The predicted octanol–water partition coefficient (Wildman–Crippen LogP) is 6.77. The Balaban J connectivity index is 1.62. The van der Waals surface area contributed by atoms with Crippen LogP contribution in [0, 0.1) is 6.92 Å². The number of fused-ring (bicyclic) bond motifs is 2. The van der Waals surface area contributed by atoms with E-state index in [2.05, 4.69) is 75.3 Å². The molecule has 0 atom stereocenters. The molecule has 0 fully saturated rings. The molecular formula is C30H23N3O. The van der Waals surface area contributed by atoms with Crippen LogP contribution in [0.25, 0.3) is 32.7 Å². The maximum Gasteiger partial charge on any atom is 0.195 e. The van der Waals surface area contributed by atoms with Crippen molar-refractivity contribution in [1.29, 1.82) is 0 Å². The molecule has 0 bridgehead atoms. The first-order chi connectivity index (χ1) is 16.7. The Morgan fingerprint density at radius 3 is 2.21 bits per heavy atom. The van der Waals surface area contributed by atoms with Crippen LogP contribution in [0.2, 0.25) is 0 Å². The van der Waals surface area contributed by atoms with Gasteiger partial charge in [0, 0.05) is 35.3 Å². The van der Waals surface area contributed by atoms with Crippen LogP contribution in [-0.4, -0.2) is 20.3 Å². The van der Waals surface area contributed by atoms with Crippen LogP contribution in [-0.2, 0) is 6.54 Å². The average molecular weight is 442 g/mol. The van der Waals surface area contributed by atoms with Gasteiger partial charge in [0.05, 0.1) is 18.6 Å². The van der Waals surface area contributed by atoms with Gasteiger partial charge in [-0.1, -0.05) is 78.4 Å². The molecule has 0 aliphatic rings. The van der Waals surface area contributed by atoms with Crippen molar-refractivity contribution in [2.45, 2.75) is 13.5 Å². The number of nitrogens with one attached hydrogen (secondary N) is 1. The summed E-state index contributed by atoms with van der Waals surface area (Å²) in [5.74, 6) is 0.0235. The maximum atomic E-state index is 13.8. The van der Waals surface area contributed by atoms with E-state index in [1.165, 1.54) is 0 Å². The van der Waals surface area contributed by atoms with Gasteiger partial charge in [0.25, 0.3) is 0 Å². The fourth-order valence-corrected chi connectivity index (χ4v) is 4.71. The lowest BCUT2D eigenvalue weighted by Crippen LogP contribution is -2.02. The number of benzene rings is 4.